The Morgan fingerprint density at radius 2 is 2.00 bits per heavy atom. The van der Waals surface area contributed by atoms with Gasteiger partial charge in [0, 0.05) is 5.92 Å². The summed E-state index contributed by atoms with van der Waals surface area (Å²) in [4.78, 5) is 11.6. The second-order valence-electron chi connectivity index (χ2n) is 4.66. The van der Waals surface area contributed by atoms with Crippen molar-refractivity contribution in [1.29, 1.82) is 0 Å². The maximum Gasteiger partial charge on any atom is 0.311 e. The average Bonchev–Trinajstić information content (AvgIpc) is 2.74. The zero-order valence-electron chi connectivity index (χ0n) is 9.03. The molecule has 0 aromatic heterocycles. The lowest BCUT2D eigenvalue weighted by atomic mass is 9.73. The van der Waals surface area contributed by atoms with Gasteiger partial charge in [-0.25, -0.2) is 0 Å². The first-order valence-corrected chi connectivity index (χ1v) is 5.38. The van der Waals surface area contributed by atoms with Crippen LogP contribution >= 0.6 is 0 Å². The van der Waals surface area contributed by atoms with Crippen LogP contribution in [0.3, 0.4) is 0 Å². The van der Waals surface area contributed by atoms with Gasteiger partial charge in [-0.1, -0.05) is 13.8 Å². The van der Waals surface area contributed by atoms with Crippen molar-refractivity contribution < 1.29 is 14.3 Å². The minimum atomic E-state index is -0.0871. The van der Waals surface area contributed by atoms with Gasteiger partial charge in [-0.3, -0.25) is 4.79 Å². The Balaban J connectivity index is 2.17. The molecule has 0 N–H and O–H groups in total. The Morgan fingerprint density at radius 1 is 1.36 bits per heavy atom. The number of rotatable bonds is 2. The van der Waals surface area contributed by atoms with Crippen LogP contribution in [0.15, 0.2) is 0 Å². The van der Waals surface area contributed by atoms with Crippen molar-refractivity contribution in [2.24, 2.45) is 17.8 Å². The van der Waals surface area contributed by atoms with Crippen molar-refractivity contribution >= 4 is 5.97 Å². The summed E-state index contributed by atoms with van der Waals surface area (Å²) in [5, 5.41) is 0. The lowest BCUT2D eigenvalue weighted by Crippen LogP contribution is -2.37. The van der Waals surface area contributed by atoms with E-state index in [2.05, 4.69) is 13.8 Å². The Kier molecular flexibility index (Phi) is 2.52. The van der Waals surface area contributed by atoms with Crippen LogP contribution in [-0.2, 0) is 14.3 Å². The van der Waals surface area contributed by atoms with E-state index in [0.717, 1.165) is 12.8 Å². The number of esters is 1. The van der Waals surface area contributed by atoms with E-state index in [9.17, 15) is 4.79 Å². The predicted octanol–water partition coefficient (Wildman–Crippen LogP) is 1.61. The fourth-order valence-corrected chi connectivity index (χ4v) is 3.00. The van der Waals surface area contributed by atoms with Gasteiger partial charge in [0.1, 0.15) is 0 Å². The number of ether oxygens (including phenoxy) is 2. The molecule has 3 nitrogen and oxygen atoms in total. The maximum absolute atomic E-state index is 11.6. The highest BCUT2D eigenvalue weighted by Gasteiger charge is 2.53. The molecule has 2 rings (SSSR count). The standard InChI is InChI=1S/C11H18O3/c1-6(2)9-7-4-5-8(14-7)10(9)11(12)13-3/h6-10H,4-5H2,1-3H3. The summed E-state index contributed by atoms with van der Waals surface area (Å²) >= 11 is 0. The first-order chi connectivity index (χ1) is 6.65. The summed E-state index contributed by atoms with van der Waals surface area (Å²) in [6, 6.07) is 0. The fraction of sp³-hybridized carbons (Fsp3) is 0.909. The molecule has 0 amide bonds. The highest BCUT2D eigenvalue weighted by atomic mass is 16.5. The van der Waals surface area contributed by atoms with E-state index < -0.39 is 0 Å². The van der Waals surface area contributed by atoms with E-state index in [1.165, 1.54) is 7.11 Å². The number of carbonyl (C=O) groups excluding carboxylic acids is 1. The second kappa shape index (κ2) is 3.54. The summed E-state index contributed by atoms with van der Waals surface area (Å²) < 4.78 is 10.6. The van der Waals surface area contributed by atoms with Crippen LogP contribution < -0.4 is 0 Å². The third kappa shape index (κ3) is 1.34. The van der Waals surface area contributed by atoms with Crippen LogP contribution in [0.1, 0.15) is 26.7 Å². The van der Waals surface area contributed by atoms with E-state index in [0.29, 0.717) is 17.9 Å². The molecule has 2 aliphatic heterocycles. The Labute approximate surface area is 84.8 Å². The van der Waals surface area contributed by atoms with E-state index in [1.807, 2.05) is 0 Å². The van der Waals surface area contributed by atoms with Crippen LogP contribution in [0.4, 0.5) is 0 Å². The maximum atomic E-state index is 11.6. The topological polar surface area (TPSA) is 35.5 Å². The molecule has 4 atom stereocenters. The van der Waals surface area contributed by atoms with E-state index in [4.69, 9.17) is 9.47 Å². The number of fused-ring (bicyclic) bond motifs is 2. The van der Waals surface area contributed by atoms with Crippen molar-refractivity contribution in [2.45, 2.75) is 38.9 Å². The van der Waals surface area contributed by atoms with Gasteiger partial charge in [-0.15, -0.1) is 0 Å². The number of hydrogen-bond donors (Lipinski definition) is 0. The van der Waals surface area contributed by atoms with Crippen LogP contribution in [0.2, 0.25) is 0 Å². The number of methoxy groups -OCH3 is 1. The average molecular weight is 198 g/mol. The van der Waals surface area contributed by atoms with Gasteiger partial charge < -0.3 is 9.47 Å². The predicted molar refractivity (Wildman–Crippen MR) is 51.7 cm³/mol. The van der Waals surface area contributed by atoms with Crippen molar-refractivity contribution in [2.75, 3.05) is 7.11 Å². The third-order valence-electron chi connectivity index (χ3n) is 3.57. The summed E-state index contributed by atoms with van der Waals surface area (Å²) in [7, 11) is 1.46. The minimum Gasteiger partial charge on any atom is -0.469 e. The zero-order chi connectivity index (χ0) is 10.3. The fourth-order valence-electron chi connectivity index (χ4n) is 3.00. The molecule has 2 saturated heterocycles. The first kappa shape index (κ1) is 9.97. The largest absolute Gasteiger partial charge is 0.469 e. The molecule has 0 aromatic rings. The van der Waals surface area contributed by atoms with E-state index in [1.54, 1.807) is 0 Å². The highest BCUT2D eigenvalue weighted by molar-refractivity contribution is 5.74. The van der Waals surface area contributed by atoms with Crippen LogP contribution in [0.25, 0.3) is 0 Å². The molecule has 0 aliphatic carbocycles. The SMILES string of the molecule is COC(=O)C1C2CCC(O2)C1C(C)C. The van der Waals surface area contributed by atoms with Gasteiger partial charge in [0.2, 0.25) is 0 Å². The molecule has 2 aliphatic rings. The molecule has 2 bridgehead atoms. The normalized spacial score (nSPS) is 40.6. The molecule has 80 valence electrons. The van der Waals surface area contributed by atoms with Gasteiger partial charge in [0.15, 0.2) is 0 Å². The number of hydrogen-bond acceptors (Lipinski definition) is 3. The molecule has 2 fully saturated rings. The smallest absolute Gasteiger partial charge is 0.311 e. The molecule has 2 heterocycles. The molecule has 3 heteroatoms. The molecule has 0 radical (unpaired) electrons. The van der Waals surface area contributed by atoms with Gasteiger partial charge in [-0.2, -0.15) is 0 Å². The van der Waals surface area contributed by atoms with Gasteiger partial charge in [0.25, 0.3) is 0 Å². The number of carbonyl (C=O) groups is 1. The van der Waals surface area contributed by atoms with Crippen molar-refractivity contribution in [1.82, 2.24) is 0 Å². The molecule has 14 heavy (non-hydrogen) atoms. The highest BCUT2D eigenvalue weighted by Crippen LogP contribution is 2.46. The summed E-state index contributed by atoms with van der Waals surface area (Å²) in [6.45, 7) is 4.31. The minimum absolute atomic E-state index is 0.0150. The Morgan fingerprint density at radius 3 is 2.57 bits per heavy atom. The van der Waals surface area contributed by atoms with E-state index >= 15 is 0 Å². The summed E-state index contributed by atoms with van der Waals surface area (Å²) in [5.41, 5.74) is 0. The monoisotopic (exact) mass is 198 g/mol. The Bertz CT molecular complexity index is 237. The van der Waals surface area contributed by atoms with Crippen LogP contribution in [-0.4, -0.2) is 25.3 Å². The molecule has 0 saturated carbocycles. The second-order valence-corrected chi connectivity index (χ2v) is 4.66. The van der Waals surface area contributed by atoms with Crippen molar-refractivity contribution in [3.63, 3.8) is 0 Å². The summed E-state index contributed by atoms with van der Waals surface area (Å²) in [5.74, 6) is 0.755. The quantitative estimate of drug-likeness (QED) is 0.632. The van der Waals surface area contributed by atoms with Crippen LogP contribution in [0.5, 0.6) is 0 Å². The molecular formula is C11H18O3. The lowest BCUT2D eigenvalue weighted by Gasteiger charge is -2.28. The van der Waals surface area contributed by atoms with E-state index in [-0.39, 0.29) is 18.0 Å². The molecular weight excluding hydrogens is 180 g/mol. The van der Waals surface area contributed by atoms with Crippen molar-refractivity contribution in [3.8, 4) is 0 Å². The molecule has 0 spiro atoms. The molecule has 0 aromatic carbocycles. The molecule has 4 unspecified atom stereocenters. The van der Waals surface area contributed by atoms with Gasteiger partial charge in [-0.05, 0) is 18.8 Å². The summed E-state index contributed by atoms with van der Waals surface area (Å²) in [6.07, 6.45) is 2.55. The van der Waals surface area contributed by atoms with Crippen LogP contribution in [0, 0.1) is 17.8 Å². The lowest BCUT2D eigenvalue weighted by molar-refractivity contribution is -0.149. The first-order valence-electron chi connectivity index (χ1n) is 5.38. The van der Waals surface area contributed by atoms with Crippen molar-refractivity contribution in [3.05, 3.63) is 0 Å². The Hall–Kier alpha value is -0.570. The zero-order valence-corrected chi connectivity index (χ0v) is 9.03. The third-order valence-corrected chi connectivity index (χ3v) is 3.57. The van der Waals surface area contributed by atoms with Gasteiger partial charge in [0.05, 0.1) is 25.2 Å². The van der Waals surface area contributed by atoms with Gasteiger partial charge >= 0.3 is 5.97 Å².